The minimum absolute atomic E-state index is 0.0140. The number of benzene rings is 1. The van der Waals surface area contributed by atoms with Gasteiger partial charge < -0.3 is 4.90 Å². The monoisotopic (exact) mass is 390 g/mol. The summed E-state index contributed by atoms with van der Waals surface area (Å²) >= 11 is 0. The van der Waals surface area contributed by atoms with E-state index >= 15 is 0 Å². The Balaban J connectivity index is 1.63. The molecule has 0 N–H and O–H groups in total. The highest BCUT2D eigenvalue weighted by Crippen LogP contribution is 2.25. The molecule has 0 unspecified atom stereocenters. The predicted octanol–water partition coefficient (Wildman–Crippen LogP) is 0.493. The Morgan fingerprint density at radius 1 is 1.26 bits per heavy atom. The van der Waals surface area contributed by atoms with Crippen molar-refractivity contribution in [3.8, 4) is 0 Å². The molecule has 27 heavy (non-hydrogen) atoms. The van der Waals surface area contributed by atoms with Crippen LogP contribution in [0.3, 0.4) is 0 Å². The number of nitrogens with zero attached hydrogens (tertiary/aromatic N) is 4. The Bertz CT molecular complexity index is 1040. The van der Waals surface area contributed by atoms with Crippen LogP contribution in [0.1, 0.15) is 35.8 Å². The van der Waals surface area contributed by atoms with E-state index in [1.165, 1.54) is 14.1 Å². The Hall–Kier alpha value is -2.42. The van der Waals surface area contributed by atoms with Crippen molar-refractivity contribution in [1.82, 2.24) is 19.2 Å². The van der Waals surface area contributed by atoms with Crippen LogP contribution in [0.4, 0.5) is 0 Å². The first kappa shape index (κ1) is 18.0. The van der Waals surface area contributed by atoms with Crippen LogP contribution in [0.2, 0.25) is 0 Å². The second kappa shape index (κ2) is 6.63. The second-order valence-electron chi connectivity index (χ2n) is 7.30. The molecule has 1 saturated heterocycles. The molecule has 1 atom stereocenters. The fourth-order valence-corrected chi connectivity index (χ4v) is 5.09. The Kier molecular flexibility index (Phi) is 4.41. The van der Waals surface area contributed by atoms with Gasteiger partial charge >= 0.3 is 5.69 Å². The summed E-state index contributed by atoms with van der Waals surface area (Å²) in [6.45, 7) is 2.54. The van der Waals surface area contributed by atoms with Crippen molar-refractivity contribution in [3.63, 3.8) is 0 Å². The van der Waals surface area contributed by atoms with Gasteiger partial charge in [-0.05, 0) is 25.3 Å². The van der Waals surface area contributed by atoms with Crippen LogP contribution < -0.4 is 5.69 Å². The number of hydrogen-bond donors (Lipinski definition) is 0. The third-order valence-corrected chi connectivity index (χ3v) is 6.71. The smallest absolute Gasteiger partial charge is 0.325 e. The van der Waals surface area contributed by atoms with Crippen LogP contribution in [0.5, 0.6) is 0 Å². The first-order valence-electron chi connectivity index (χ1n) is 9.07. The Morgan fingerprint density at radius 3 is 2.67 bits per heavy atom. The normalized spacial score (nSPS) is 21.2. The van der Waals surface area contributed by atoms with E-state index in [1.807, 2.05) is 31.2 Å². The van der Waals surface area contributed by atoms with E-state index in [-0.39, 0.29) is 29.8 Å². The third-order valence-electron chi connectivity index (χ3n) is 5.21. The van der Waals surface area contributed by atoms with Crippen LogP contribution in [0.25, 0.3) is 0 Å². The molecule has 2 aliphatic rings. The van der Waals surface area contributed by atoms with E-state index in [2.05, 4.69) is 5.10 Å². The molecule has 1 fully saturated rings. The van der Waals surface area contributed by atoms with Gasteiger partial charge in [0, 0.05) is 13.0 Å². The molecule has 3 heterocycles. The molecular weight excluding hydrogens is 368 g/mol. The summed E-state index contributed by atoms with van der Waals surface area (Å²) in [5.41, 5.74) is 1.79. The summed E-state index contributed by atoms with van der Waals surface area (Å²) < 4.78 is 26.2. The van der Waals surface area contributed by atoms with Gasteiger partial charge in [-0.1, -0.05) is 29.8 Å². The predicted molar refractivity (Wildman–Crippen MR) is 99.1 cm³/mol. The zero-order chi connectivity index (χ0) is 19.2. The molecule has 0 aliphatic carbocycles. The quantitative estimate of drug-likeness (QED) is 0.760. The Labute approximate surface area is 157 Å². The zero-order valence-electron chi connectivity index (χ0n) is 15.2. The lowest BCUT2D eigenvalue weighted by Gasteiger charge is -2.26. The lowest BCUT2D eigenvalue weighted by molar-refractivity contribution is -0.134. The average molecular weight is 390 g/mol. The number of carbonyl (C=O) groups excluding carboxylic acids is 1. The molecule has 2 aliphatic heterocycles. The number of carbonyl (C=O) groups is 1. The lowest BCUT2D eigenvalue weighted by Crippen LogP contribution is -2.41. The Morgan fingerprint density at radius 2 is 2.00 bits per heavy atom. The molecule has 1 aromatic heterocycles. The largest absolute Gasteiger partial charge is 0.346 e. The summed E-state index contributed by atoms with van der Waals surface area (Å²) in [5, 5.41) is 4.43. The molecular formula is C18H22N4O4S. The van der Waals surface area contributed by atoms with Gasteiger partial charge in [-0.25, -0.2) is 17.9 Å². The molecule has 4 rings (SSSR count). The molecule has 1 aromatic carbocycles. The van der Waals surface area contributed by atoms with E-state index < -0.39 is 15.9 Å². The first-order chi connectivity index (χ1) is 12.8. The van der Waals surface area contributed by atoms with Gasteiger partial charge in [0.1, 0.15) is 17.7 Å². The maximum atomic E-state index is 12.9. The maximum Gasteiger partial charge on any atom is 0.346 e. The van der Waals surface area contributed by atoms with E-state index in [9.17, 15) is 18.0 Å². The fraction of sp³-hybridized carbons (Fsp3) is 0.500. The molecule has 0 spiro atoms. The fourth-order valence-electron chi connectivity index (χ4n) is 3.74. The van der Waals surface area contributed by atoms with E-state index in [1.54, 1.807) is 0 Å². The highest BCUT2D eigenvalue weighted by atomic mass is 32.2. The second-order valence-corrected chi connectivity index (χ2v) is 9.45. The van der Waals surface area contributed by atoms with Crippen molar-refractivity contribution >= 4 is 15.7 Å². The molecule has 0 bridgehead atoms. The van der Waals surface area contributed by atoms with Gasteiger partial charge in [-0.3, -0.25) is 9.36 Å². The van der Waals surface area contributed by atoms with Gasteiger partial charge in [0.2, 0.25) is 5.91 Å². The third kappa shape index (κ3) is 3.43. The number of aryl methyl sites for hydroxylation is 2. The summed E-state index contributed by atoms with van der Waals surface area (Å²) in [7, 11) is -3.21. The van der Waals surface area contributed by atoms with Crippen LogP contribution in [-0.4, -0.2) is 51.7 Å². The minimum Gasteiger partial charge on any atom is -0.325 e. The summed E-state index contributed by atoms with van der Waals surface area (Å²) in [5.74, 6) is 0.0249. The maximum absolute atomic E-state index is 12.9. The van der Waals surface area contributed by atoms with Gasteiger partial charge in [0.15, 0.2) is 9.84 Å². The van der Waals surface area contributed by atoms with E-state index in [4.69, 9.17) is 0 Å². The van der Waals surface area contributed by atoms with Gasteiger partial charge in [-0.2, -0.15) is 5.10 Å². The van der Waals surface area contributed by atoms with Gasteiger partial charge in [0.25, 0.3) is 0 Å². The van der Waals surface area contributed by atoms with Crippen molar-refractivity contribution in [3.05, 3.63) is 51.7 Å². The van der Waals surface area contributed by atoms with Crippen LogP contribution in [0, 0.1) is 6.92 Å². The van der Waals surface area contributed by atoms with E-state index in [0.717, 1.165) is 17.5 Å². The summed E-state index contributed by atoms with van der Waals surface area (Å²) in [6, 6.07) is 7.21. The molecule has 1 amide bonds. The molecule has 0 radical (unpaired) electrons. The standard InChI is InChI=1S/C18H22N4O4S/c1-13-5-7-14(8-6-13)11-21-18(24)22-15(3-2-4-16(22)19-21)17(23)20-9-10-27(25,26)12-20/h5-8,15H,2-4,9-12H2,1H3/t15-/m1/s1. The van der Waals surface area contributed by atoms with Crippen LogP contribution >= 0.6 is 0 Å². The first-order valence-corrected chi connectivity index (χ1v) is 10.9. The molecule has 0 saturated carbocycles. The number of aromatic nitrogens is 3. The van der Waals surface area contributed by atoms with Gasteiger partial charge in [0.05, 0.1) is 12.3 Å². The highest BCUT2D eigenvalue weighted by Gasteiger charge is 2.37. The SMILES string of the molecule is Cc1ccc(Cn2nc3n(c2=O)[C@@H](C(=O)N2CCS(=O)(=O)C2)CCC3)cc1. The highest BCUT2D eigenvalue weighted by molar-refractivity contribution is 7.91. The van der Waals surface area contributed by atoms with E-state index in [0.29, 0.717) is 25.2 Å². The summed E-state index contributed by atoms with van der Waals surface area (Å²) in [4.78, 5) is 27.1. The van der Waals surface area contributed by atoms with Crippen molar-refractivity contribution < 1.29 is 13.2 Å². The molecule has 2 aromatic rings. The van der Waals surface area contributed by atoms with Crippen molar-refractivity contribution in [2.75, 3.05) is 18.2 Å². The average Bonchev–Trinajstić information content (AvgIpc) is 3.16. The van der Waals surface area contributed by atoms with Gasteiger partial charge in [-0.15, -0.1) is 0 Å². The zero-order valence-corrected chi connectivity index (χ0v) is 16.0. The van der Waals surface area contributed by atoms with Crippen molar-refractivity contribution in [1.29, 1.82) is 0 Å². The van der Waals surface area contributed by atoms with Crippen LogP contribution in [-0.2, 0) is 27.6 Å². The minimum atomic E-state index is -3.21. The summed E-state index contributed by atoms with van der Waals surface area (Å²) in [6.07, 6.45) is 1.91. The van der Waals surface area contributed by atoms with Crippen molar-refractivity contribution in [2.45, 2.75) is 38.8 Å². The number of amides is 1. The lowest BCUT2D eigenvalue weighted by atomic mass is 10.0. The van der Waals surface area contributed by atoms with Crippen LogP contribution in [0.15, 0.2) is 29.1 Å². The number of fused-ring (bicyclic) bond motifs is 1. The number of hydrogen-bond acceptors (Lipinski definition) is 5. The molecule has 9 heteroatoms. The topological polar surface area (TPSA) is 94.3 Å². The molecule has 8 nitrogen and oxygen atoms in total. The van der Waals surface area contributed by atoms with Crippen molar-refractivity contribution in [2.24, 2.45) is 0 Å². The number of rotatable bonds is 3. The molecule has 144 valence electrons. The number of sulfone groups is 1.